The van der Waals surface area contributed by atoms with Gasteiger partial charge in [-0.05, 0) is 36.8 Å². The maximum Gasteiger partial charge on any atom is 0.295 e. The number of fused-ring (bicyclic) bond motifs is 1. The van der Waals surface area contributed by atoms with Crippen molar-refractivity contribution >= 4 is 23.1 Å². The number of aryl methyl sites for hydroxylation is 2. The summed E-state index contributed by atoms with van der Waals surface area (Å²) in [6.45, 7) is 2.81. The number of pyridine rings is 2. The van der Waals surface area contributed by atoms with Crippen LogP contribution in [0.1, 0.15) is 29.4 Å². The largest absolute Gasteiger partial charge is 0.505 e. The molecule has 0 bridgehead atoms. The molecule has 0 aromatic carbocycles. The molecule has 1 atom stereocenters. The third-order valence-corrected chi connectivity index (χ3v) is 5.91. The van der Waals surface area contributed by atoms with E-state index in [0.717, 1.165) is 0 Å². The Morgan fingerprint density at radius 1 is 1.21 bits per heavy atom. The Hall–Kier alpha value is -4.27. The van der Waals surface area contributed by atoms with Crippen molar-refractivity contribution in [1.29, 1.82) is 0 Å². The summed E-state index contributed by atoms with van der Waals surface area (Å²) in [5.74, 6) is -1.55. The highest BCUT2D eigenvalue weighted by molar-refractivity contribution is 6.46. The van der Waals surface area contributed by atoms with Crippen molar-refractivity contribution in [2.75, 3.05) is 6.54 Å². The van der Waals surface area contributed by atoms with Crippen LogP contribution in [0.3, 0.4) is 0 Å². The Morgan fingerprint density at radius 2 is 2.03 bits per heavy atom. The van der Waals surface area contributed by atoms with Gasteiger partial charge in [-0.25, -0.2) is 9.55 Å². The highest BCUT2D eigenvalue weighted by atomic mass is 16.3. The van der Waals surface area contributed by atoms with Crippen molar-refractivity contribution in [1.82, 2.24) is 24.3 Å². The second-order valence-electron chi connectivity index (χ2n) is 7.95. The molecule has 1 unspecified atom stereocenters. The van der Waals surface area contributed by atoms with E-state index in [1.54, 1.807) is 42.0 Å². The van der Waals surface area contributed by atoms with Crippen molar-refractivity contribution in [2.24, 2.45) is 0 Å². The van der Waals surface area contributed by atoms with E-state index in [1.165, 1.54) is 4.90 Å². The second kappa shape index (κ2) is 8.34. The average Bonchev–Trinajstić information content (AvgIpc) is 3.52. The van der Waals surface area contributed by atoms with E-state index < -0.39 is 17.7 Å². The number of aliphatic hydroxyl groups excluding tert-OH is 1. The predicted octanol–water partition coefficient (Wildman–Crippen LogP) is 2.17. The maximum atomic E-state index is 13.2. The number of carbonyl (C=O) groups excluding carboxylic acids is 2. The molecule has 4 aromatic rings. The highest BCUT2D eigenvalue weighted by Crippen LogP contribution is 2.39. The van der Waals surface area contributed by atoms with Crippen LogP contribution in [0, 0.1) is 6.92 Å². The number of Topliss-reactive ketones (excluding diaryl/α,β-unsaturated/α-hetero) is 1. The maximum absolute atomic E-state index is 13.2. The monoisotopic (exact) mass is 443 g/mol. The number of aromatic amines is 1. The molecule has 1 amide bonds. The Kier molecular flexibility index (Phi) is 5.21. The summed E-state index contributed by atoms with van der Waals surface area (Å²) in [7, 11) is 0. The molecule has 9 nitrogen and oxygen atoms in total. The van der Waals surface area contributed by atoms with Crippen molar-refractivity contribution in [3.8, 4) is 0 Å². The van der Waals surface area contributed by atoms with Crippen LogP contribution >= 0.6 is 0 Å². The standard InChI is InChI=1S/C24H22N6O3/c1-16-20(29-12-3-2-5-18(29)27-16)22(31)19-21(17-6-8-25-9-7-17)30(24(33)23(19)32)13-4-11-28-14-10-26-15-28/h2-3,5-10,12,14-15,21H,4,11,13H2,1H3,(H,31,32)/p+1. The van der Waals surface area contributed by atoms with Gasteiger partial charge in [0.25, 0.3) is 11.7 Å². The molecule has 5 heterocycles. The molecule has 4 aromatic heterocycles. The molecular weight excluding hydrogens is 420 g/mol. The van der Waals surface area contributed by atoms with E-state index in [9.17, 15) is 14.7 Å². The number of hydrogen-bond acceptors (Lipinski definition) is 5. The zero-order valence-electron chi connectivity index (χ0n) is 18.0. The quantitative estimate of drug-likeness (QED) is 0.206. The van der Waals surface area contributed by atoms with Crippen LogP contribution in [0.5, 0.6) is 0 Å². The van der Waals surface area contributed by atoms with E-state index in [0.29, 0.717) is 42.1 Å². The number of amides is 1. The molecule has 2 N–H and O–H groups in total. The molecule has 166 valence electrons. The van der Waals surface area contributed by atoms with Crippen molar-refractivity contribution in [2.45, 2.75) is 25.9 Å². The number of rotatable bonds is 6. The molecule has 1 aliphatic heterocycles. The predicted molar refractivity (Wildman–Crippen MR) is 119 cm³/mol. The van der Waals surface area contributed by atoms with Crippen LogP contribution in [0.2, 0.25) is 0 Å². The van der Waals surface area contributed by atoms with E-state index in [4.69, 9.17) is 0 Å². The van der Waals surface area contributed by atoms with Gasteiger partial charge in [0.1, 0.15) is 23.7 Å². The van der Waals surface area contributed by atoms with Gasteiger partial charge in [-0.1, -0.05) is 6.07 Å². The lowest BCUT2D eigenvalue weighted by Crippen LogP contribution is -2.36. The van der Waals surface area contributed by atoms with Crippen LogP contribution in [0.25, 0.3) is 11.4 Å². The summed E-state index contributed by atoms with van der Waals surface area (Å²) in [4.78, 5) is 39.4. The SMILES string of the molecule is Cc1nc2ccccn2c1C(O)=C1C(=O)C(=O)N(CCC[n+]2cc[nH]c2)C1c1ccncc1. The van der Waals surface area contributed by atoms with Crippen molar-refractivity contribution < 1.29 is 19.3 Å². The number of nitrogens with one attached hydrogen (secondary N) is 1. The van der Waals surface area contributed by atoms with Gasteiger partial charge in [0.2, 0.25) is 6.33 Å². The number of nitrogens with zero attached hydrogens (tertiary/aromatic N) is 5. The fourth-order valence-corrected chi connectivity index (χ4v) is 4.41. The normalized spacial score (nSPS) is 17.8. The number of hydrogen-bond donors (Lipinski definition) is 2. The third-order valence-electron chi connectivity index (χ3n) is 5.91. The summed E-state index contributed by atoms with van der Waals surface area (Å²) in [6.07, 6.45) is 11.2. The van der Waals surface area contributed by atoms with E-state index in [1.807, 2.05) is 41.5 Å². The van der Waals surface area contributed by atoms with Gasteiger partial charge in [-0.15, -0.1) is 0 Å². The van der Waals surface area contributed by atoms with Crippen molar-refractivity contribution in [3.63, 3.8) is 0 Å². The summed E-state index contributed by atoms with van der Waals surface area (Å²) in [5, 5.41) is 11.4. The Morgan fingerprint density at radius 3 is 2.79 bits per heavy atom. The number of carbonyl (C=O) groups is 2. The lowest BCUT2D eigenvalue weighted by molar-refractivity contribution is -0.695. The summed E-state index contributed by atoms with van der Waals surface area (Å²) in [6, 6.07) is 8.31. The van der Waals surface area contributed by atoms with Crippen LogP contribution in [0.15, 0.2) is 73.2 Å². The first-order valence-electron chi connectivity index (χ1n) is 10.7. The minimum Gasteiger partial charge on any atom is -0.505 e. The fourth-order valence-electron chi connectivity index (χ4n) is 4.41. The Balaban J connectivity index is 1.59. The zero-order valence-corrected chi connectivity index (χ0v) is 18.0. The number of imidazole rings is 2. The van der Waals surface area contributed by atoms with Gasteiger partial charge in [0.05, 0.1) is 23.9 Å². The Bertz CT molecular complexity index is 1360. The van der Waals surface area contributed by atoms with Crippen LogP contribution in [-0.2, 0) is 16.1 Å². The molecule has 0 saturated carbocycles. The topological polar surface area (TPSA) is 107 Å². The van der Waals surface area contributed by atoms with E-state index in [2.05, 4.69) is 15.0 Å². The van der Waals surface area contributed by atoms with Crippen molar-refractivity contribution in [3.05, 3.63) is 90.2 Å². The number of H-pyrrole nitrogens is 1. The lowest BCUT2D eigenvalue weighted by atomic mass is 9.97. The van der Waals surface area contributed by atoms with Crippen LogP contribution in [-0.4, -0.2) is 47.6 Å². The summed E-state index contributed by atoms with van der Waals surface area (Å²) in [5.41, 5.74) is 2.41. The fraction of sp³-hybridized carbons (Fsp3) is 0.208. The molecule has 9 heteroatoms. The molecule has 0 radical (unpaired) electrons. The van der Waals surface area contributed by atoms with Gasteiger partial charge in [0, 0.05) is 31.6 Å². The molecule has 0 spiro atoms. The van der Waals surface area contributed by atoms with E-state index >= 15 is 0 Å². The lowest BCUT2D eigenvalue weighted by Gasteiger charge is -2.25. The van der Waals surface area contributed by atoms with Gasteiger partial charge >= 0.3 is 0 Å². The van der Waals surface area contributed by atoms with Crippen LogP contribution in [0.4, 0.5) is 0 Å². The van der Waals surface area contributed by atoms with E-state index in [-0.39, 0.29) is 11.3 Å². The molecule has 5 rings (SSSR count). The average molecular weight is 443 g/mol. The second-order valence-corrected chi connectivity index (χ2v) is 7.95. The highest BCUT2D eigenvalue weighted by Gasteiger charge is 2.46. The first-order valence-corrected chi connectivity index (χ1v) is 10.7. The first kappa shape index (κ1) is 20.6. The smallest absolute Gasteiger partial charge is 0.295 e. The van der Waals surface area contributed by atoms with Gasteiger partial charge in [-0.3, -0.25) is 24.0 Å². The molecule has 33 heavy (non-hydrogen) atoms. The number of ketones is 1. The molecule has 1 aliphatic rings. The number of likely N-dealkylation sites (tertiary alicyclic amines) is 1. The molecule has 1 saturated heterocycles. The minimum absolute atomic E-state index is 0.0641. The summed E-state index contributed by atoms with van der Waals surface area (Å²) >= 11 is 0. The molecular formula is C24H23N6O3+. The first-order chi connectivity index (χ1) is 16.1. The minimum atomic E-state index is -0.710. The van der Waals surface area contributed by atoms with Gasteiger partial charge < -0.3 is 10.0 Å². The zero-order chi connectivity index (χ0) is 22.9. The Labute approximate surface area is 189 Å². The molecule has 1 fully saturated rings. The number of aliphatic hydroxyl groups is 1. The number of aromatic nitrogens is 5. The van der Waals surface area contributed by atoms with Gasteiger partial charge in [0.15, 0.2) is 5.76 Å². The van der Waals surface area contributed by atoms with Crippen LogP contribution < -0.4 is 4.57 Å². The summed E-state index contributed by atoms with van der Waals surface area (Å²) < 4.78 is 3.70. The molecule has 0 aliphatic carbocycles. The van der Waals surface area contributed by atoms with Gasteiger partial charge in [-0.2, -0.15) is 0 Å². The third kappa shape index (κ3) is 3.57.